The predicted octanol–water partition coefficient (Wildman–Crippen LogP) is 4.76. The first-order valence-corrected chi connectivity index (χ1v) is 7.77. The summed E-state index contributed by atoms with van der Waals surface area (Å²) in [5.74, 6) is 6.72. The van der Waals surface area contributed by atoms with E-state index >= 15 is 0 Å². The average Bonchev–Trinajstić information content (AvgIpc) is 2.49. The quantitative estimate of drug-likeness (QED) is 0.577. The van der Waals surface area contributed by atoms with Crippen molar-refractivity contribution in [3.63, 3.8) is 0 Å². The van der Waals surface area contributed by atoms with Crippen LogP contribution in [0, 0.1) is 23.6 Å². The van der Waals surface area contributed by atoms with E-state index in [1.165, 1.54) is 25.3 Å². The molecule has 0 heterocycles. The highest BCUT2D eigenvalue weighted by Crippen LogP contribution is 2.30. The van der Waals surface area contributed by atoms with E-state index in [0.29, 0.717) is 5.75 Å². The summed E-state index contributed by atoms with van der Waals surface area (Å²) < 4.78 is 19.6. The number of ether oxygens (including phenoxy) is 1. The molecule has 0 atom stereocenters. The maximum Gasteiger partial charge on any atom is 0.165 e. The lowest BCUT2D eigenvalue weighted by molar-refractivity contribution is 0.125. The molecule has 0 radical (unpaired) electrons. The summed E-state index contributed by atoms with van der Waals surface area (Å²) in [6.07, 6.45) is 5.72. The van der Waals surface area contributed by atoms with Gasteiger partial charge >= 0.3 is 0 Å². The Morgan fingerprint density at radius 2 is 2.05 bits per heavy atom. The summed E-state index contributed by atoms with van der Waals surface area (Å²) >= 11 is 5.53. The van der Waals surface area contributed by atoms with Gasteiger partial charge in [-0.3, -0.25) is 0 Å². The molecular formula is C17H20ClFO. The Labute approximate surface area is 125 Å². The van der Waals surface area contributed by atoms with Crippen molar-refractivity contribution in [2.45, 2.75) is 45.1 Å². The third-order valence-corrected chi connectivity index (χ3v) is 4.03. The largest absolute Gasteiger partial charge is 0.487 e. The van der Waals surface area contributed by atoms with Crippen LogP contribution in [-0.4, -0.2) is 12.0 Å². The molecule has 1 fully saturated rings. The standard InChI is InChI=1S/C17H20ClFO/c1-2-13-5-8-15(9-6-13)20-17-12-14(4-3-11-18)7-10-16(17)19/h7,10,12-13,15H,2,5-6,8-9,11H2,1H3. The van der Waals surface area contributed by atoms with Crippen molar-refractivity contribution in [2.75, 3.05) is 5.88 Å². The maximum atomic E-state index is 13.8. The van der Waals surface area contributed by atoms with Crippen LogP contribution in [0.5, 0.6) is 5.75 Å². The van der Waals surface area contributed by atoms with E-state index in [1.54, 1.807) is 12.1 Å². The molecule has 0 spiro atoms. The minimum Gasteiger partial charge on any atom is -0.487 e. The van der Waals surface area contributed by atoms with E-state index < -0.39 is 0 Å². The lowest BCUT2D eigenvalue weighted by atomic mass is 9.86. The molecule has 1 aliphatic rings. The summed E-state index contributed by atoms with van der Waals surface area (Å²) in [6.45, 7) is 2.23. The molecule has 0 bridgehead atoms. The Kier molecular flexibility index (Phi) is 5.73. The highest BCUT2D eigenvalue weighted by Gasteiger charge is 2.22. The molecule has 1 saturated carbocycles. The minimum absolute atomic E-state index is 0.128. The molecule has 0 saturated heterocycles. The van der Waals surface area contributed by atoms with Gasteiger partial charge in [0.25, 0.3) is 0 Å². The van der Waals surface area contributed by atoms with Crippen molar-refractivity contribution in [1.29, 1.82) is 0 Å². The number of rotatable bonds is 3. The minimum atomic E-state index is -0.320. The molecule has 2 rings (SSSR count). The zero-order valence-corrected chi connectivity index (χ0v) is 12.5. The molecule has 20 heavy (non-hydrogen) atoms. The Hall–Kier alpha value is -1.20. The highest BCUT2D eigenvalue weighted by molar-refractivity contribution is 6.19. The molecule has 1 aromatic carbocycles. The lowest BCUT2D eigenvalue weighted by Crippen LogP contribution is -2.24. The molecule has 0 amide bonds. The van der Waals surface area contributed by atoms with Crippen LogP contribution < -0.4 is 4.74 Å². The van der Waals surface area contributed by atoms with Crippen LogP contribution in [0.2, 0.25) is 0 Å². The van der Waals surface area contributed by atoms with Crippen molar-refractivity contribution in [2.24, 2.45) is 5.92 Å². The van der Waals surface area contributed by atoms with Gasteiger partial charge in [-0.1, -0.05) is 25.2 Å². The number of halogens is 2. The van der Waals surface area contributed by atoms with Crippen molar-refractivity contribution in [3.8, 4) is 17.6 Å². The predicted molar refractivity (Wildman–Crippen MR) is 80.7 cm³/mol. The molecule has 1 aromatic rings. The fourth-order valence-electron chi connectivity index (χ4n) is 2.64. The Morgan fingerprint density at radius 3 is 2.70 bits per heavy atom. The van der Waals surface area contributed by atoms with Crippen LogP contribution in [0.15, 0.2) is 18.2 Å². The molecule has 108 valence electrons. The Bertz CT molecular complexity index is 495. The second kappa shape index (κ2) is 7.55. The molecule has 1 aliphatic carbocycles. The van der Waals surface area contributed by atoms with Gasteiger partial charge in [-0.05, 0) is 49.8 Å². The van der Waals surface area contributed by atoms with Gasteiger partial charge in [0.1, 0.15) is 0 Å². The summed E-state index contributed by atoms with van der Waals surface area (Å²) in [5.41, 5.74) is 0.740. The van der Waals surface area contributed by atoms with E-state index in [4.69, 9.17) is 16.3 Å². The van der Waals surface area contributed by atoms with Crippen LogP contribution in [0.1, 0.15) is 44.6 Å². The number of alkyl halides is 1. The topological polar surface area (TPSA) is 9.23 Å². The fourth-order valence-corrected chi connectivity index (χ4v) is 2.71. The summed E-state index contributed by atoms with van der Waals surface area (Å²) in [4.78, 5) is 0. The zero-order chi connectivity index (χ0) is 14.4. The molecule has 1 nitrogen and oxygen atoms in total. The third-order valence-electron chi connectivity index (χ3n) is 3.90. The van der Waals surface area contributed by atoms with E-state index in [9.17, 15) is 4.39 Å². The summed E-state index contributed by atoms with van der Waals surface area (Å²) in [5, 5.41) is 0. The van der Waals surface area contributed by atoms with Crippen molar-refractivity contribution in [3.05, 3.63) is 29.6 Å². The van der Waals surface area contributed by atoms with Gasteiger partial charge in [-0.15, -0.1) is 11.6 Å². The van der Waals surface area contributed by atoms with Gasteiger partial charge in [0, 0.05) is 5.56 Å². The third kappa shape index (κ3) is 4.15. The molecule has 0 aliphatic heterocycles. The van der Waals surface area contributed by atoms with Gasteiger partial charge < -0.3 is 4.74 Å². The van der Waals surface area contributed by atoms with E-state index in [-0.39, 0.29) is 17.8 Å². The first-order valence-electron chi connectivity index (χ1n) is 7.24. The van der Waals surface area contributed by atoms with Crippen LogP contribution >= 0.6 is 11.6 Å². The van der Waals surface area contributed by atoms with Gasteiger partial charge in [-0.2, -0.15) is 0 Å². The molecule has 0 aromatic heterocycles. The van der Waals surface area contributed by atoms with Crippen LogP contribution in [-0.2, 0) is 0 Å². The Balaban J connectivity index is 2.01. The van der Waals surface area contributed by atoms with Crippen molar-refractivity contribution < 1.29 is 9.13 Å². The van der Waals surface area contributed by atoms with E-state index in [1.807, 2.05) is 0 Å². The Morgan fingerprint density at radius 1 is 1.30 bits per heavy atom. The van der Waals surface area contributed by atoms with Gasteiger partial charge in [0.05, 0.1) is 12.0 Å². The smallest absolute Gasteiger partial charge is 0.165 e. The number of hydrogen-bond acceptors (Lipinski definition) is 1. The van der Waals surface area contributed by atoms with Crippen molar-refractivity contribution in [1.82, 2.24) is 0 Å². The summed E-state index contributed by atoms with van der Waals surface area (Å²) in [7, 11) is 0. The van der Waals surface area contributed by atoms with Crippen LogP contribution in [0.25, 0.3) is 0 Å². The number of benzene rings is 1. The normalized spacial score (nSPS) is 21.9. The van der Waals surface area contributed by atoms with Crippen LogP contribution in [0.3, 0.4) is 0 Å². The average molecular weight is 295 g/mol. The second-order valence-corrected chi connectivity index (χ2v) is 5.52. The molecule has 0 unspecified atom stereocenters. The maximum absolute atomic E-state index is 13.8. The SMILES string of the molecule is CCC1CCC(Oc2cc(C#CCCl)ccc2F)CC1. The molecule has 3 heteroatoms. The first-order chi connectivity index (χ1) is 9.72. The second-order valence-electron chi connectivity index (χ2n) is 5.25. The van der Waals surface area contributed by atoms with Crippen molar-refractivity contribution >= 4 is 11.6 Å². The highest BCUT2D eigenvalue weighted by atomic mass is 35.5. The fraction of sp³-hybridized carbons (Fsp3) is 0.529. The zero-order valence-electron chi connectivity index (χ0n) is 11.8. The van der Waals surface area contributed by atoms with Gasteiger partial charge in [-0.25, -0.2) is 4.39 Å². The van der Waals surface area contributed by atoms with E-state index in [0.717, 1.165) is 24.3 Å². The van der Waals surface area contributed by atoms with Gasteiger partial charge in [0.2, 0.25) is 0 Å². The molecule has 0 N–H and O–H groups in total. The van der Waals surface area contributed by atoms with E-state index in [2.05, 4.69) is 18.8 Å². The molecular weight excluding hydrogens is 275 g/mol. The lowest BCUT2D eigenvalue weighted by Gasteiger charge is -2.28. The van der Waals surface area contributed by atoms with Gasteiger partial charge in [0.15, 0.2) is 11.6 Å². The van der Waals surface area contributed by atoms with Crippen LogP contribution in [0.4, 0.5) is 4.39 Å². The summed E-state index contributed by atoms with van der Waals surface area (Å²) in [6, 6.07) is 4.72. The first kappa shape index (κ1) is 15.2. The monoisotopic (exact) mass is 294 g/mol. The number of hydrogen-bond donors (Lipinski definition) is 0.